The fourth-order valence-electron chi connectivity index (χ4n) is 2.31. The number of amides is 1. The van der Waals surface area contributed by atoms with E-state index in [4.69, 9.17) is 0 Å². The number of benzene rings is 1. The summed E-state index contributed by atoms with van der Waals surface area (Å²) < 4.78 is 14.6. The molecule has 22 heavy (non-hydrogen) atoms. The summed E-state index contributed by atoms with van der Waals surface area (Å²) in [5, 5.41) is 6.16. The van der Waals surface area contributed by atoms with Gasteiger partial charge in [-0.05, 0) is 37.2 Å². The largest absolute Gasteiger partial charge is 0.347 e. The Bertz CT molecular complexity index is 612. The summed E-state index contributed by atoms with van der Waals surface area (Å²) in [7, 11) is 0. The molecule has 1 saturated heterocycles. The molecule has 2 heterocycles. The number of halogens is 3. The number of hydrogen-bond donors (Lipinski definition) is 2. The van der Waals surface area contributed by atoms with Crippen LogP contribution in [0.25, 0.3) is 5.69 Å². The van der Waals surface area contributed by atoms with E-state index in [2.05, 4.69) is 15.6 Å². The molecule has 1 atom stereocenters. The topological polar surface area (TPSA) is 59.0 Å². The third-order valence-electron chi connectivity index (χ3n) is 3.37. The molecule has 1 aliphatic rings. The van der Waals surface area contributed by atoms with Crippen molar-refractivity contribution in [2.24, 2.45) is 0 Å². The maximum Gasteiger partial charge on any atom is 0.270 e. The number of imidazole rings is 1. The van der Waals surface area contributed by atoms with Gasteiger partial charge in [0.1, 0.15) is 11.5 Å². The average molecular weight is 347 g/mol. The molecule has 1 fully saturated rings. The Morgan fingerprint density at radius 1 is 1.32 bits per heavy atom. The molecule has 2 N–H and O–H groups in total. The lowest BCUT2D eigenvalue weighted by Crippen LogP contribution is -2.37. The Balaban J connectivity index is 0.00000121. The second-order valence-electron chi connectivity index (χ2n) is 4.79. The maximum absolute atomic E-state index is 12.9. The first kappa shape index (κ1) is 18.4. The van der Waals surface area contributed by atoms with E-state index in [9.17, 15) is 9.18 Å². The van der Waals surface area contributed by atoms with Crippen molar-refractivity contribution in [3.63, 3.8) is 0 Å². The first-order valence-electron chi connectivity index (χ1n) is 6.54. The van der Waals surface area contributed by atoms with E-state index < -0.39 is 0 Å². The lowest BCUT2D eigenvalue weighted by molar-refractivity contribution is 0.0933. The fourth-order valence-corrected chi connectivity index (χ4v) is 2.31. The van der Waals surface area contributed by atoms with Crippen molar-refractivity contribution < 1.29 is 9.18 Å². The number of nitrogens with zero attached hydrogens (tertiary/aromatic N) is 2. The van der Waals surface area contributed by atoms with Crippen molar-refractivity contribution in [2.45, 2.75) is 12.5 Å². The summed E-state index contributed by atoms with van der Waals surface area (Å²) in [4.78, 5) is 16.3. The lowest BCUT2D eigenvalue weighted by atomic mass is 10.2. The molecule has 0 radical (unpaired) electrons. The quantitative estimate of drug-likeness (QED) is 0.892. The molecule has 1 aromatic heterocycles. The predicted molar refractivity (Wildman–Crippen MR) is 86.8 cm³/mol. The molecule has 1 aromatic carbocycles. The van der Waals surface area contributed by atoms with Crippen LogP contribution in [0.3, 0.4) is 0 Å². The Hall–Kier alpha value is -1.63. The normalized spacial score (nSPS) is 16.5. The number of carbonyl (C=O) groups excluding carboxylic acids is 1. The monoisotopic (exact) mass is 346 g/mol. The minimum atomic E-state index is -0.308. The van der Waals surface area contributed by atoms with Gasteiger partial charge in [0, 0.05) is 18.3 Å². The van der Waals surface area contributed by atoms with Gasteiger partial charge in [-0.25, -0.2) is 9.37 Å². The molecule has 0 spiro atoms. The third kappa shape index (κ3) is 3.97. The SMILES string of the molecule is Cl.Cl.O=C(NC1CCNC1)c1cncn1-c1ccc(F)cc1. The second-order valence-corrected chi connectivity index (χ2v) is 4.79. The van der Waals surface area contributed by atoms with Gasteiger partial charge in [-0.15, -0.1) is 24.8 Å². The summed E-state index contributed by atoms with van der Waals surface area (Å²) >= 11 is 0. The molecule has 8 heteroatoms. The van der Waals surface area contributed by atoms with Crippen LogP contribution in [0.15, 0.2) is 36.8 Å². The van der Waals surface area contributed by atoms with E-state index in [1.807, 2.05) is 0 Å². The smallest absolute Gasteiger partial charge is 0.270 e. The zero-order chi connectivity index (χ0) is 13.9. The zero-order valence-electron chi connectivity index (χ0n) is 11.7. The minimum Gasteiger partial charge on any atom is -0.347 e. The molecule has 3 rings (SSSR count). The molecule has 5 nitrogen and oxygen atoms in total. The van der Waals surface area contributed by atoms with Gasteiger partial charge in [0.25, 0.3) is 5.91 Å². The van der Waals surface area contributed by atoms with Crippen LogP contribution in [0, 0.1) is 5.82 Å². The summed E-state index contributed by atoms with van der Waals surface area (Å²) in [6.07, 6.45) is 3.99. The standard InChI is InChI=1S/C14H15FN4O.2ClH/c15-10-1-3-12(4-2-10)19-9-17-8-13(19)14(20)18-11-5-6-16-7-11;;/h1-4,8-9,11,16H,5-7H2,(H,18,20);2*1H. The Kier molecular flexibility index (Phi) is 6.80. The zero-order valence-corrected chi connectivity index (χ0v) is 13.3. The van der Waals surface area contributed by atoms with Gasteiger partial charge in [-0.1, -0.05) is 0 Å². The molecule has 0 bridgehead atoms. The van der Waals surface area contributed by atoms with Crippen LogP contribution >= 0.6 is 24.8 Å². The Labute approximate surface area is 140 Å². The van der Waals surface area contributed by atoms with Crippen molar-refractivity contribution in [1.82, 2.24) is 20.2 Å². The van der Waals surface area contributed by atoms with E-state index in [1.54, 1.807) is 23.0 Å². The van der Waals surface area contributed by atoms with Gasteiger partial charge >= 0.3 is 0 Å². The molecule has 2 aromatic rings. The molecule has 1 aliphatic heterocycles. The van der Waals surface area contributed by atoms with Gasteiger partial charge in [0.15, 0.2) is 0 Å². The molecular formula is C14H17Cl2FN4O. The first-order valence-corrected chi connectivity index (χ1v) is 6.54. The predicted octanol–water partition coefficient (Wildman–Crippen LogP) is 1.95. The number of hydrogen-bond acceptors (Lipinski definition) is 3. The van der Waals surface area contributed by atoms with E-state index in [-0.39, 0.29) is 42.6 Å². The van der Waals surface area contributed by atoms with Crippen LogP contribution in [0.5, 0.6) is 0 Å². The van der Waals surface area contributed by atoms with Gasteiger partial charge < -0.3 is 10.6 Å². The van der Waals surface area contributed by atoms with Crippen LogP contribution in [0.2, 0.25) is 0 Å². The molecule has 0 aliphatic carbocycles. The van der Waals surface area contributed by atoms with Crippen LogP contribution in [-0.2, 0) is 0 Å². The fraction of sp³-hybridized carbons (Fsp3) is 0.286. The summed E-state index contributed by atoms with van der Waals surface area (Å²) in [6.45, 7) is 1.71. The van der Waals surface area contributed by atoms with Gasteiger partial charge in [-0.3, -0.25) is 9.36 Å². The Morgan fingerprint density at radius 2 is 2.05 bits per heavy atom. The highest BCUT2D eigenvalue weighted by Crippen LogP contribution is 2.12. The molecule has 1 amide bonds. The Morgan fingerprint density at radius 3 is 2.68 bits per heavy atom. The van der Waals surface area contributed by atoms with E-state index >= 15 is 0 Å². The number of rotatable bonds is 3. The van der Waals surface area contributed by atoms with Crippen molar-refractivity contribution in [3.05, 3.63) is 48.3 Å². The molecule has 120 valence electrons. The number of aromatic nitrogens is 2. The lowest BCUT2D eigenvalue weighted by Gasteiger charge is -2.12. The second kappa shape index (κ2) is 8.12. The number of carbonyl (C=O) groups is 1. The van der Waals surface area contributed by atoms with Crippen LogP contribution in [-0.4, -0.2) is 34.6 Å². The highest BCUT2D eigenvalue weighted by Gasteiger charge is 2.20. The third-order valence-corrected chi connectivity index (χ3v) is 3.37. The van der Waals surface area contributed by atoms with Crippen LogP contribution < -0.4 is 10.6 Å². The maximum atomic E-state index is 12.9. The highest BCUT2D eigenvalue weighted by atomic mass is 35.5. The van der Waals surface area contributed by atoms with Gasteiger partial charge in [0.2, 0.25) is 0 Å². The van der Waals surface area contributed by atoms with Crippen molar-refractivity contribution in [1.29, 1.82) is 0 Å². The first-order chi connectivity index (χ1) is 9.74. The van der Waals surface area contributed by atoms with E-state index in [0.29, 0.717) is 11.4 Å². The van der Waals surface area contributed by atoms with Crippen molar-refractivity contribution in [3.8, 4) is 5.69 Å². The van der Waals surface area contributed by atoms with Gasteiger partial charge in [-0.2, -0.15) is 0 Å². The highest BCUT2D eigenvalue weighted by molar-refractivity contribution is 5.93. The summed E-state index contributed by atoms with van der Waals surface area (Å²) in [6, 6.07) is 6.10. The van der Waals surface area contributed by atoms with E-state index in [0.717, 1.165) is 19.5 Å². The summed E-state index contributed by atoms with van der Waals surface area (Å²) in [5.74, 6) is -0.475. The molecular weight excluding hydrogens is 330 g/mol. The van der Waals surface area contributed by atoms with Crippen molar-refractivity contribution >= 4 is 30.7 Å². The van der Waals surface area contributed by atoms with Crippen LogP contribution in [0.1, 0.15) is 16.9 Å². The molecule has 0 saturated carbocycles. The minimum absolute atomic E-state index is 0. The van der Waals surface area contributed by atoms with Gasteiger partial charge in [0.05, 0.1) is 12.5 Å². The van der Waals surface area contributed by atoms with Crippen LogP contribution in [0.4, 0.5) is 4.39 Å². The van der Waals surface area contributed by atoms with E-state index in [1.165, 1.54) is 18.3 Å². The average Bonchev–Trinajstić information content (AvgIpc) is 3.10. The number of nitrogens with one attached hydrogen (secondary N) is 2. The van der Waals surface area contributed by atoms with Crippen molar-refractivity contribution in [2.75, 3.05) is 13.1 Å². The summed E-state index contributed by atoms with van der Waals surface area (Å²) in [5.41, 5.74) is 1.15. The molecule has 1 unspecified atom stereocenters.